The van der Waals surface area contributed by atoms with Crippen LogP contribution < -0.4 is 5.32 Å². The first kappa shape index (κ1) is 14.9. The van der Waals surface area contributed by atoms with Crippen molar-refractivity contribution in [1.29, 1.82) is 0 Å². The van der Waals surface area contributed by atoms with Crippen LogP contribution in [0.25, 0.3) is 0 Å². The van der Waals surface area contributed by atoms with Crippen molar-refractivity contribution in [1.82, 2.24) is 5.32 Å². The third-order valence-electron chi connectivity index (χ3n) is 5.38. The second-order valence-electron chi connectivity index (χ2n) is 7.00. The zero-order valence-corrected chi connectivity index (χ0v) is 13.5. The monoisotopic (exact) mass is 305 g/mol. The number of amides is 1. The average molecular weight is 306 g/mol. The van der Waals surface area contributed by atoms with Gasteiger partial charge in [-0.1, -0.05) is 37.3 Å². The van der Waals surface area contributed by atoms with Gasteiger partial charge in [-0.3, -0.25) is 4.79 Å². The Labute approximate surface area is 132 Å². The molecule has 0 heterocycles. The quantitative estimate of drug-likeness (QED) is 0.836. The van der Waals surface area contributed by atoms with Gasteiger partial charge in [0.15, 0.2) is 0 Å². The van der Waals surface area contributed by atoms with E-state index in [2.05, 4.69) is 24.4 Å². The van der Waals surface area contributed by atoms with Crippen LogP contribution in [0, 0.1) is 5.92 Å². The van der Waals surface area contributed by atoms with Gasteiger partial charge in [0.05, 0.1) is 11.0 Å². The highest BCUT2D eigenvalue weighted by molar-refractivity contribution is 6.18. The van der Waals surface area contributed by atoms with E-state index in [-0.39, 0.29) is 16.9 Å². The number of carbonyl (C=O) groups excluding carboxylic acids is 1. The highest BCUT2D eigenvalue weighted by Crippen LogP contribution is 2.49. The van der Waals surface area contributed by atoms with Gasteiger partial charge in [-0.25, -0.2) is 0 Å². The van der Waals surface area contributed by atoms with E-state index in [0.717, 1.165) is 50.0 Å². The molecule has 2 aliphatic rings. The van der Waals surface area contributed by atoms with Crippen molar-refractivity contribution in [3.8, 4) is 0 Å². The molecule has 0 radical (unpaired) electrons. The summed E-state index contributed by atoms with van der Waals surface area (Å²) in [4.78, 5) is 12.9. The fraction of sp³-hybridized carbons (Fsp3) is 0.611. The van der Waals surface area contributed by atoms with E-state index in [4.69, 9.17) is 11.6 Å². The Morgan fingerprint density at radius 3 is 2.33 bits per heavy atom. The second kappa shape index (κ2) is 5.64. The van der Waals surface area contributed by atoms with Gasteiger partial charge in [0, 0.05) is 5.88 Å². The van der Waals surface area contributed by atoms with Crippen LogP contribution in [-0.4, -0.2) is 17.3 Å². The molecule has 1 amide bonds. The van der Waals surface area contributed by atoms with Crippen molar-refractivity contribution < 1.29 is 4.79 Å². The molecule has 3 rings (SSSR count). The molecule has 0 unspecified atom stereocenters. The smallest absolute Gasteiger partial charge is 0.231 e. The zero-order chi connectivity index (χ0) is 14.9. The Hall–Kier alpha value is -1.02. The van der Waals surface area contributed by atoms with Gasteiger partial charge in [0.1, 0.15) is 0 Å². The molecule has 0 bridgehead atoms. The van der Waals surface area contributed by atoms with Crippen molar-refractivity contribution in [2.24, 2.45) is 5.92 Å². The minimum Gasteiger partial charge on any atom is -0.349 e. The van der Waals surface area contributed by atoms with Crippen LogP contribution in [0.15, 0.2) is 30.3 Å². The highest BCUT2D eigenvalue weighted by atomic mass is 35.5. The SMILES string of the molecule is CC1CCC(CCl)(NC(=O)C2(c3ccccc3)CC2)CC1. The first-order valence-corrected chi connectivity index (χ1v) is 8.58. The van der Waals surface area contributed by atoms with Crippen molar-refractivity contribution in [2.75, 3.05) is 5.88 Å². The van der Waals surface area contributed by atoms with Crippen molar-refractivity contribution in [3.05, 3.63) is 35.9 Å². The van der Waals surface area contributed by atoms with Crippen molar-refractivity contribution in [2.45, 2.75) is 56.4 Å². The Bertz CT molecular complexity index is 501. The van der Waals surface area contributed by atoms with E-state index in [1.54, 1.807) is 0 Å². The fourth-order valence-electron chi connectivity index (χ4n) is 3.50. The summed E-state index contributed by atoms with van der Waals surface area (Å²) in [5.74, 6) is 1.46. The summed E-state index contributed by atoms with van der Waals surface area (Å²) in [5, 5.41) is 3.33. The molecule has 114 valence electrons. The third-order valence-corrected chi connectivity index (χ3v) is 5.89. The lowest BCUT2D eigenvalue weighted by atomic mass is 9.77. The number of nitrogens with one attached hydrogen (secondary N) is 1. The topological polar surface area (TPSA) is 29.1 Å². The molecule has 0 aromatic heterocycles. The predicted molar refractivity (Wildman–Crippen MR) is 86.6 cm³/mol. The van der Waals surface area contributed by atoms with Crippen LogP contribution in [0.1, 0.15) is 51.0 Å². The number of hydrogen-bond acceptors (Lipinski definition) is 1. The standard InChI is InChI=1S/C18H24ClNO/c1-14-7-9-17(13-19,10-8-14)20-16(21)18(11-12-18)15-5-3-2-4-6-15/h2-6,14H,7-13H2,1H3,(H,20,21). The van der Waals surface area contributed by atoms with Gasteiger partial charge < -0.3 is 5.32 Å². The van der Waals surface area contributed by atoms with E-state index in [1.165, 1.54) is 0 Å². The van der Waals surface area contributed by atoms with Crippen LogP contribution >= 0.6 is 11.6 Å². The van der Waals surface area contributed by atoms with Crippen molar-refractivity contribution >= 4 is 17.5 Å². The Morgan fingerprint density at radius 1 is 1.19 bits per heavy atom. The average Bonchev–Trinajstić information content (AvgIpc) is 3.33. The fourth-order valence-corrected chi connectivity index (χ4v) is 3.83. The van der Waals surface area contributed by atoms with E-state index in [9.17, 15) is 4.79 Å². The third kappa shape index (κ3) is 2.83. The minimum atomic E-state index is -0.288. The maximum Gasteiger partial charge on any atom is 0.231 e. The molecule has 1 N–H and O–H groups in total. The highest BCUT2D eigenvalue weighted by Gasteiger charge is 2.53. The lowest BCUT2D eigenvalue weighted by molar-refractivity contribution is -0.125. The number of benzene rings is 1. The molecular formula is C18H24ClNO. The van der Waals surface area contributed by atoms with E-state index in [0.29, 0.717) is 5.88 Å². The van der Waals surface area contributed by atoms with E-state index in [1.807, 2.05) is 18.2 Å². The molecule has 0 aliphatic heterocycles. The maximum atomic E-state index is 12.9. The summed E-state index contributed by atoms with van der Waals surface area (Å²) < 4.78 is 0. The molecule has 2 saturated carbocycles. The summed E-state index contributed by atoms with van der Waals surface area (Å²) in [6.45, 7) is 2.28. The van der Waals surface area contributed by atoms with Gasteiger partial charge in [0.2, 0.25) is 5.91 Å². The molecule has 3 heteroatoms. The molecule has 2 nitrogen and oxygen atoms in total. The lowest BCUT2D eigenvalue weighted by Crippen LogP contribution is -2.54. The number of halogens is 1. The summed E-state index contributed by atoms with van der Waals surface area (Å²) in [6, 6.07) is 10.2. The van der Waals surface area contributed by atoms with E-state index >= 15 is 0 Å². The number of hydrogen-bond donors (Lipinski definition) is 1. The van der Waals surface area contributed by atoms with Gasteiger partial charge in [0.25, 0.3) is 0 Å². The van der Waals surface area contributed by atoms with Crippen LogP contribution in [0.2, 0.25) is 0 Å². The predicted octanol–water partition coefficient (Wildman–Crippen LogP) is 4.02. The number of alkyl halides is 1. The summed E-state index contributed by atoms with van der Waals surface area (Å²) in [6.07, 6.45) is 6.24. The van der Waals surface area contributed by atoms with Gasteiger partial charge >= 0.3 is 0 Å². The van der Waals surface area contributed by atoms with Crippen molar-refractivity contribution in [3.63, 3.8) is 0 Å². The number of rotatable bonds is 4. The largest absolute Gasteiger partial charge is 0.349 e. The molecule has 0 saturated heterocycles. The van der Waals surface area contributed by atoms with Gasteiger partial charge in [-0.2, -0.15) is 0 Å². The molecule has 0 spiro atoms. The Kier molecular flexibility index (Phi) is 4.00. The van der Waals surface area contributed by atoms with Crippen LogP contribution in [0.3, 0.4) is 0 Å². The minimum absolute atomic E-state index is 0.184. The first-order valence-electron chi connectivity index (χ1n) is 8.04. The van der Waals surface area contributed by atoms with Crippen LogP contribution in [0.4, 0.5) is 0 Å². The van der Waals surface area contributed by atoms with E-state index < -0.39 is 0 Å². The molecular weight excluding hydrogens is 282 g/mol. The Morgan fingerprint density at radius 2 is 1.81 bits per heavy atom. The summed E-state index contributed by atoms with van der Waals surface area (Å²) in [5.41, 5.74) is 0.676. The number of carbonyl (C=O) groups is 1. The molecule has 21 heavy (non-hydrogen) atoms. The molecule has 2 fully saturated rings. The normalized spacial score (nSPS) is 30.7. The lowest BCUT2D eigenvalue weighted by Gasteiger charge is -2.39. The molecule has 2 aliphatic carbocycles. The first-order chi connectivity index (χ1) is 10.1. The maximum absolute atomic E-state index is 12.9. The Balaban J connectivity index is 1.74. The summed E-state index contributed by atoms with van der Waals surface area (Å²) in [7, 11) is 0. The summed E-state index contributed by atoms with van der Waals surface area (Å²) >= 11 is 6.23. The van der Waals surface area contributed by atoms with Crippen LogP contribution in [0.5, 0.6) is 0 Å². The molecule has 0 atom stereocenters. The molecule has 1 aromatic carbocycles. The second-order valence-corrected chi connectivity index (χ2v) is 7.27. The van der Waals surface area contributed by atoms with Gasteiger partial charge in [-0.05, 0) is 50.0 Å². The molecule has 1 aromatic rings. The van der Waals surface area contributed by atoms with Crippen LogP contribution in [-0.2, 0) is 10.2 Å². The zero-order valence-electron chi connectivity index (χ0n) is 12.7. The van der Waals surface area contributed by atoms with Gasteiger partial charge in [-0.15, -0.1) is 11.6 Å².